The Morgan fingerprint density at radius 1 is 1.24 bits per heavy atom. The van der Waals surface area contributed by atoms with Crippen LogP contribution in [0.15, 0.2) is 36.5 Å². The monoisotopic (exact) mass is 339 g/mol. The second-order valence-electron chi connectivity index (χ2n) is 6.19. The Labute approximate surface area is 146 Å². The number of amides is 2. The van der Waals surface area contributed by atoms with Crippen molar-refractivity contribution >= 4 is 23.5 Å². The summed E-state index contributed by atoms with van der Waals surface area (Å²) in [6.45, 7) is 2.81. The van der Waals surface area contributed by atoms with Crippen molar-refractivity contribution in [3.05, 3.63) is 47.8 Å². The number of nitrogens with one attached hydrogen (secondary N) is 1. The minimum absolute atomic E-state index is 0.000808. The third-order valence-corrected chi connectivity index (χ3v) is 4.37. The van der Waals surface area contributed by atoms with Crippen molar-refractivity contribution < 1.29 is 9.59 Å². The van der Waals surface area contributed by atoms with Gasteiger partial charge >= 0.3 is 6.03 Å². The van der Waals surface area contributed by atoms with Crippen LogP contribution in [-0.4, -0.2) is 39.8 Å². The van der Waals surface area contributed by atoms with Crippen LogP contribution in [0, 0.1) is 0 Å². The van der Waals surface area contributed by atoms with E-state index in [-0.39, 0.29) is 23.7 Å². The third kappa shape index (κ3) is 4.12. The number of anilines is 2. The van der Waals surface area contributed by atoms with Crippen LogP contribution in [0.4, 0.5) is 16.4 Å². The van der Waals surface area contributed by atoms with Gasteiger partial charge in [-0.15, -0.1) is 0 Å². The van der Waals surface area contributed by atoms with E-state index in [1.165, 1.54) is 6.92 Å². The summed E-state index contributed by atoms with van der Waals surface area (Å²) in [6, 6.07) is 8.59. The number of nitrogens with zero attached hydrogens (tertiary/aromatic N) is 3. The number of carbonyl (C=O) groups excluding carboxylic acids is 2. The van der Waals surface area contributed by atoms with E-state index >= 15 is 0 Å². The molecule has 1 saturated heterocycles. The van der Waals surface area contributed by atoms with Crippen LogP contribution in [0.2, 0.25) is 0 Å². The zero-order valence-corrected chi connectivity index (χ0v) is 14.1. The lowest BCUT2D eigenvalue weighted by atomic mass is 9.95. The van der Waals surface area contributed by atoms with E-state index < -0.39 is 0 Å². The Balaban J connectivity index is 1.64. The van der Waals surface area contributed by atoms with Crippen molar-refractivity contribution in [2.75, 3.05) is 24.1 Å². The van der Waals surface area contributed by atoms with Crippen molar-refractivity contribution in [1.29, 1.82) is 0 Å². The Kier molecular flexibility index (Phi) is 4.92. The highest BCUT2D eigenvalue weighted by atomic mass is 16.2. The van der Waals surface area contributed by atoms with Crippen LogP contribution in [0.5, 0.6) is 0 Å². The molecular weight excluding hydrogens is 318 g/mol. The molecule has 1 aliphatic rings. The van der Waals surface area contributed by atoms with E-state index in [1.54, 1.807) is 35.4 Å². The molecule has 1 atom stereocenters. The van der Waals surface area contributed by atoms with Crippen molar-refractivity contribution in [2.45, 2.75) is 25.7 Å². The van der Waals surface area contributed by atoms with Crippen LogP contribution in [0.25, 0.3) is 0 Å². The number of Topliss-reactive ketones (excluding diaryl/α,β-unsaturated/α-hetero) is 1. The Hall–Kier alpha value is -2.96. The maximum Gasteiger partial charge on any atom is 0.321 e. The van der Waals surface area contributed by atoms with Gasteiger partial charge in [0.2, 0.25) is 5.95 Å². The van der Waals surface area contributed by atoms with Gasteiger partial charge in [-0.2, -0.15) is 0 Å². The Morgan fingerprint density at radius 2 is 2.00 bits per heavy atom. The number of urea groups is 1. The summed E-state index contributed by atoms with van der Waals surface area (Å²) >= 11 is 0. The number of carbonyl (C=O) groups is 2. The zero-order chi connectivity index (χ0) is 17.8. The standard InChI is InChI=1S/C18H21N5O2/c1-12(24)13-4-6-15(7-5-13)21-18(25)23-10-2-3-14(11-23)16-8-9-20-17(19)22-16/h4-9,14H,2-3,10-11H2,1H3,(H,21,25)(H2,19,20,22)/t14-/m0/s1. The van der Waals surface area contributed by atoms with Gasteiger partial charge in [0.05, 0.1) is 5.69 Å². The summed E-state index contributed by atoms with van der Waals surface area (Å²) in [6.07, 6.45) is 3.52. The average Bonchev–Trinajstić information content (AvgIpc) is 2.62. The molecule has 1 aromatic heterocycles. The van der Waals surface area contributed by atoms with E-state index in [1.807, 2.05) is 6.07 Å². The number of nitrogen functional groups attached to an aromatic ring is 1. The van der Waals surface area contributed by atoms with Crippen molar-refractivity contribution in [3.8, 4) is 0 Å². The summed E-state index contributed by atoms with van der Waals surface area (Å²) in [5.41, 5.74) is 7.82. The normalized spacial score (nSPS) is 17.2. The largest absolute Gasteiger partial charge is 0.368 e. The van der Waals surface area contributed by atoms with Crippen LogP contribution >= 0.6 is 0 Å². The maximum atomic E-state index is 12.5. The van der Waals surface area contributed by atoms with Gasteiger partial charge in [0.1, 0.15) is 0 Å². The molecule has 0 bridgehead atoms. The number of piperidine rings is 1. The summed E-state index contributed by atoms with van der Waals surface area (Å²) in [5.74, 6) is 0.412. The predicted molar refractivity (Wildman–Crippen MR) is 95.5 cm³/mol. The Bertz CT molecular complexity index is 775. The molecule has 0 radical (unpaired) electrons. The number of ketones is 1. The lowest BCUT2D eigenvalue weighted by Gasteiger charge is -2.32. The van der Waals surface area contributed by atoms with Gasteiger partial charge in [-0.05, 0) is 50.1 Å². The van der Waals surface area contributed by atoms with Crippen molar-refractivity contribution in [1.82, 2.24) is 14.9 Å². The van der Waals surface area contributed by atoms with E-state index in [0.717, 1.165) is 18.5 Å². The zero-order valence-electron chi connectivity index (χ0n) is 14.1. The van der Waals surface area contributed by atoms with Gasteiger partial charge in [0.25, 0.3) is 0 Å². The lowest BCUT2D eigenvalue weighted by molar-refractivity contribution is 0.101. The molecule has 7 heteroatoms. The first-order valence-corrected chi connectivity index (χ1v) is 8.28. The van der Waals surface area contributed by atoms with Gasteiger partial charge in [-0.1, -0.05) is 0 Å². The van der Waals surface area contributed by atoms with Gasteiger partial charge in [-0.3, -0.25) is 4.79 Å². The second kappa shape index (κ2) is 7.29. The molecule has 0 unspecified atom stereocenters. The van der Waals surface area contributed by atoms with Crippen LogP contribution in [0.3, 0.4) is 0 Å². The quantitative estimate of drug-likeness (QED) is 0.837. The number of rotatable bonds is 3. The molecule has 130 valence electrons. The van der Waals surface area contributed by atoms with Crippen LogP contribution < -0.4 is 11.1 Å². The summed E-state index contributed by atoms with van der Waals surface area (Å²) in [5, 5.41) is 2.88. The third-order valence-electron chi connectivity index (χ3n) is 4.37. The molecule has 1 aliphatic heterocycles. The fraction of sp³-hybridized carbons (Fsp3) is 0.333. The van der Waals surface area contributed by atoms with Gasteiger partial charge in [-0.25, -0.2) is 14.8 Å². The molecule has 3 N–H and O–H groups in total. The minimum atomic E-state index is -0.151. The molecule has 2 heterocycles. The van der Waals surface area contributed by atoms with Gasteiger partial charge < -0.3 is 16.0 Å². The smallest absolute Gasteiger partial charge is 0.321 e. The average molecular weight is 339 g/mol. The maximum absolute atomic E-state index is 12.5. The summed E-state index contributed by atoms with van der Waals surface area (Å²) in [7, 11) is 0. The van der Waals surface area contributed by atoms with E-state index in [2.05, 4.69) is 15.3 Å². The Morgan fingerprint density at radius 3 is 2.68 bits per heavy atom. The molecule has 3 rings (SSSR count). The summed E-state index contributed by atoms with van der Waals surface area (Å²) in [4.78, 5) is 33.8. The predicted octanol–water partition coefficient (Wildman–Crippen LogP) is 2.67. The highest BCUT2D eigenvalue weighted by Crippen LogP contribution is 2.26. The first kappa shape index (κ1) is 16.9. The molecule has 7 nitrogen and oxygen atoms in total. The number of hydrogen-bond donors (Lipinski definition) is 2. The lowest BCUT2D eigenvalue weighted by Crippen LogP contribution is -2.41. The van der Waals surface area contributed by atoms with Crippen molar-refractivity contribution in [3.63, 3.8) is 0 Å². The van der Waals surface area contributed by atoms with Crippen LogP contribution in [0.1, 0.15) is 41.7 Å². The molecule has 2 aromatic rings. The van der Waals surface area contributed by atoms with E-state index in [0.29, 0.717) is 24.3 Å². The molecule has 1 aromatic carbocycles. The van der Waals surface area contributed by atoms with Gasteiger partial charge in [0, 0.05) is 36.5 Å². The van der Waals surface area contributed by atoms with E-state index in [4.69, 9.17) is 5.73 Å². The minimum Gasteiger partial charge on any atom is -0.368 e. The first-order valence-electron chi connectivity index (χ1n) is 8.28. The topological polar surface area (TPSA) is 101 Å². The number of nitrogens with two attached hydrogens (primary N) is 1. The molecule has 25 heavy (non-hydrogen) atoms. The van der Waals surface area contributed by atoms with Crippen molar-refractivity contribution in [2.24, 2.45) is 0 Å². The number of benzene rings is 1. The fourth-order valence-corrected chi connectivity index (χ4v) is 3.01. The second-order valence-corrected chi connectivity index (χ2v) is 6.19. The highest BCUT2D eigenvalue weighted by molar-refractivity contribution is 5.95. The van der Waals surface area contributed by atoms with Gasteiger partial charge in [0.15, 0.2) is 5.78 Å². The molecule has 2 amide bonds. The molecule has 0 spiro atoms. The first-order chi connectivity index (χ1) is 12.0. The molecular formula is C18H21N5O2. The highest BCUT2D eigenvalue weighted by Gasteiger charge is 2.25. The van der Waals surface area contributed by atoms with E-state index in [9.17, 15) is 9.59 Å². The van der Waals surface area contributed by atoms with Crippen LogP contribution in [-0.2, 0) is 0 Å². The molecule has 0 saturated carbocycles. The number of aromatic nitrogens is 2. The molecule has 0 aliphatic carbocycles. The number of likely N-dealkylation sites (tertiary alicyclic amines) is 1. The molecule has 1 fully saturated rings. The summed E-state index contributed by atoms with van der Waals surface area (Å²) < 4.78 is 0. The SMILES string of the molecule is CC(=O)c1ccc(NC(=O)N2CCC[C@H](c3ccnc(N)n3)C2)cc1. The number of hydrogen-bond acceptors (Lipinski definition) is 5. The fourth-order valence-electron chi connectivity index (χ4n) is 3.01.